The molecule has 0 aliphatic carbocycles. The Bertz CT molecular complexity index is 287. The zero-order chi connectivity index (χ0) is 9.90. The molecule has 1 N–H and O–H groups in total. The number of hydrogen-bond donors (Lipinski definition) is 1. The zero-order valence-electron chi connectivity index (χ0n) is 7.63. The summed E-state index contributed by atoms with van der Waals surface area (Å²) in [6, 6.07) is 7.20. The lowest BCUT2D eigenvalue weighted by Gasteiger charge is -2.21. The summed E-state index contributed by atoms with van der Waals surface area (Å²) >= 11 is 5.74. The maximum atomic E-state index is 9.96. The van der Waals surface area contributed by atoms with Crippen molar-refractivity contribution in [3.05, 3.63) is 47.5 Å². The first kappa shape index (κ1) is 10.3. The molecule has 0 amide bonds. The Balaban J connectivity index is 2.93. The van der Waals surface area contributed by atoms with Crippen LogP contribution < -0.4 is 0 Å². The molecule has 1 aromatic carbocycles. The first-order valence-corrected chi connectivity index (χ1v) is 4.53. The number of rotatable bonds is 3. The summed E-state index contributed by atoms with van der Waals surface area (Å²) in [6.07, 6.45) is 2.24. The van der Waals surface area contributed by atoms with Gasteiger partial charge in [-0.2, -0.15) is 0 Å². The van der Waals surface area contributed by atoms with Crippen LogP contribution >= 0.6 is 11.6 Å². The number of halogens is 1. The Kier molecular flexibility index (Phi) is 3.12. The van der Waals surface area contributed by atoms with E-state index in [4.69, 9.17) is 11.6 Å². The SMILES string of the molecule is C=CC[C@@](C)(O)c1ccc(Cl)cc1. The normalized spacial score (nSPS) is 15.0. The van der Waals surface area contributed by atoms with Crippen molar-refractivity contribution in [2.24, 2.45) is 0 Å². The molecular weight excluding hydrogens is 184 g/mol. The van der Waals surface area contributed by atoms with Crippen LogP contribution in [-0.2, 0) is 5.60 Å². The minimum absolute atomic E-state index is 0.536. The van der Waals surface area contributed by atoms with Gasteiger partial charge in [-0.25, -0.2) is 0 Å². The van der Waals surface area contributed by atoms with Crippen molar-refractivity contribution in [3.63, 3.8) is 0 Å². The number of hydrogen-bond acceptors (Lipinski definition) is 1. The lowest BCUT2D eigenvalue weighted by molar-refractivity contribution is 0.0606. The van der Waals surface area contributed by atoms with Gasteiger partial charge < -0.3 is 5.11 Å². The molecule has 0 fully saturated rings. The fraction of sp³-hybridized carbons (Fsp3) is 0.273. The monoisotopic (exact) mass is 196 g/mol. The highest BCUT2D eigenvalue weighted by Crippen LogP contribution is 2.25. The Labute approximate surface area is 83.7 Å². The second-order valence-electron chi connectivity index (χ2n) is 3.27. The van der Waals surface area contributed by atoms with Crippen LogP contribution in [0.25, 0.3) is 0 Å². The molecule has 0 aliphatic rings. The molecular formula is C11H13ClO. The summed E-state index contributed by atoms with van der Waals surface area (Å²) in [5.74, 6) is 0. The summed E-state index contributed by atoms with van der Waals surface area (Å²) in [6.45, 7) is 5.36. The molecule has 0 saturated carbocycles. The van der Waals surface area contributed by atoms with E-state index in [-0.39, 0.29) is 0 Å². The summed E-state index contributed by atoms with van der Waals surface area (Å²) in [7, 11) is 0. The van der Waals surface area contributed by atoms with Crippen LogP contribution in [0.2, 0.25) is 5.02 Å². The molecule has 0 bridgehead atoms. The van der Waals surface area contributed by atoms with Crippen LogP contribution in [0, 0.1) is 0 Å². The average molecular weight is 197 g/mol. The molecule has 1 atom stereocenters. The average Bonchev–Trinajstić information content (AvgIpc) is 2.05. The van der Waals surface area contributed by atoms with E-state index in [1.54, 1.807) is 25.1 Å². The van der Waals surface area contributed by atoms with Gasteiger partial charge in [0.05, 0.1) is 5.60 Å². The second-order valence-corrected chi connectivity index (χ2v) is 3.71. The van der Waals surface area contributed by atoms with Crippen molar-refractivity contribution in [1.29, 1.82) is 0 Å². The molecule has 0 saturated heterocycles. The predicted molar refractivity (Wildman–Crippen MR) is 55.8 cm³/mol. The summed E-state index contributed by atoms with van der Waals surface area (Å²) in [4.78, 5) is 0. The zero-order valence-corrected chi connectivity index (χ0v) is 8.38. The highest BCUT2D eigenvalue weighted by Gasteiger charge is 2.20. The minimum atomic E-state index is -0.841. The number of benzene rings is 1. The van der Waals surface area contributed by atoms with Crippen molar-refractivity contribution < 1.29 is 5.11 Å². The van der Waals surface area contributed by atoms with Gasteiger partial charge in [0.15, 0.2) is 0 Å². The van der Waals surface area contributed by atoms with Gasteiger partial charge in [-0.15, -0.1) is 6.58 Å². The van der Waals surface area contributed by atoms with E-state index < -0.39 is 5.60 Å². The minimum Gasteiger partial charge on any atom is -0.385 e. The van der Waals surface area contributed by atoms with Gasteiger partial charge in [-0.1, -0.05) is 29.8 Å². The standard InChI is InChI=1S/C11H13ClO/c1-3-8-11(2,13)9-4-6-10(12)7-5-9/h3-7,13H,1,8H2,2H3/t11-/m1/s1. The van der Waals surface area contributed by atoms with Crippen LogP contribution in [0.1, 0.15) is 18.9 Å². The molecule has 1 rings (SSSR count). The van der Waals surface area contributed by atoms with Crippen LogP contribution in [0.4, 0.5) is 0 Å². The summed E-state index contributed by atoms with van der Waals surface area (Å²) in [5.41, 5.74) is 0.0172. The van der Waals surface area contributed by atoms with E-state index in [1.165, 1.54) is 0 Å². The van der Waals surface area contributed by atoms with Crippen molar-refractivity contribution in [2.45, 2.75) is 18.9 Å². The molecule has 0 aliphatic heterocycles. The van der Waals surface area contributed by atoms with Crippen LogP contribution in [0.15, 0.2) is 36.9 Å². The molecule has 0 unspecified atom stereocenters. The third kappa shape index (κ3) is 2.58. The highest BCUT2D eigenvalue weighted by molar-refractivity contribution is 6.30. The maximum Gasteiger partial charge on any atom is 0.0902 e. The summed E-state index contributed by atoms with van der Waals surface area (Å²) in [5, 5.41) is 10.6. The molecule has 2 heteroatoms. The quantitative estimate of drug-likeness (QED) is 0.737. The molecule has 0 spiro atoms. The van der Waals surface area contributed by atoms with Crippen LogP contribution in [0.5, 0.6) is 0 Å². The topological polar surface area (TPSA) is 20.2 Å². The van der Waals surface area contributed by atoms with Gasteiger partial charge in [0.25, 0.3) is 0 Å². The van der Waals surface area contributed by atoms with Crippen molar-refractivity contribution in [3.8, 4) is 0 Å². The molecule has 70 valence electrons. The van der Waals surface area contributed by atoms with Gasteiger partial charge >= 0.3 is 0 Å². The highest BCUT2D eigenvalue weighted by atomic mass is 35.5. The lowest BCUT2D eigenvalue weighted by Crippen LogP contribution is -2.19. The first-order valence-electron chi connectivity index (χ1n) is 4.15. The van der Waals surface area contributed by atoms with Crippen LogP contribution in [0.3, 0.4) is 0 Å². The molecule has 0 aromatic heterocycles. The Morgan fingerprint density at radius 2 is 2.00 bits per heavy atom. The molecule has 13 heavy (non-hydrogen) atoms. The fourth-order valence-electron chi connectivity index (χ4n) is 1.21. The van der Waals surface area contributed by atoms with E-state index in [0.29, 0.717) is 11.4 Å². The van der Waals surface area contributed by atoms with Gasteiger partial charge in [-0.05, 0) is 31.0 Å². The van der Waals surface area contributed by atoms with Crippen molar-refractivity contribution in [1.82, 2.24) is 0 Å². The molecule has 0 radical (unpaired) electrons. The van der Waals surface area contributed by atoms with Gasteiger partial charge in [0.2, 0.25) is 0 Å². The third-order valence-corrected chi connectivity index (χ3v) is 2.26. The maximum absolute atomic E-state index is 9.96. The number of aliphatic hydroxyl groups is 1. The fourth-order valence-corrected chi connectivity index (χ4v) is 1.33. The Morgan fingerprint density at radius 1 is 1.46 bits per heavy atom. The van der Waals surface area contributed by atoms with E-state index in [9.17, 15) is 5.11 Å². The van der Waals surface area contributed by atoms with Crippen LogP contribution in [-0.4, -0.2) is 5.11 Å². The van der Waals surface area contributed by atoms with Gasteiger partial charge in [0.1, 0.15) is 0 Å². The molecule has 0 heterocycles. The smallest absolute Gasteiger partial charge is 0.0902 e. The lowest BCUT2D eigenvalue weighted by atomic mass is 9.93. The van der Waals surface area contributed by atoms with Gasteiger partial charge in [0, 0.05) is 5.02 Å². The Morgan fingerprint density at radius 3 is 2.46 bits per heavy atom. The van der Waals surface area contributed by atoms with Crippen molar-refractivity contribution in [2.75, 3.05) is 0 Å². The molecule has 1 aromatic rings. The van der Waals surface area contributed by atoms with E-state index in [1.807, 2.05) is 12.1 Å². The van der Waals surface area contributed by atoms with E-state index >= 15 is 0 Å². The second kappa shape index (κ2) is 3.95. The van der Waals surface area contributed by atoms with Crippen molar-refractivity contribution >= 4 is 11.6 Å². The molecule has 1 nitrogen and oxygen atoms in total. The van der Waals surface area contributed by atoms with E-state index in [0.717, 1.165) is 5.56 Å². The largest absolute Gasteiger partial charge is 0.385 e. The predicted octanol–water partition coefficient (Wildman–Crippen LogP) is 3.12. The van der Waals surface area contributed by atoms with Gasteiger partial charge in [-0.3, -0.25) is 0 Å². The van der Waals surface area contributed by atoms with E-state index in [2.05, 4.69) is 6.58 Å². The third-order valence-electron chi connectivity index (χ3n) is 2.01. The summed E-state index contributed by atoms with van der Waals surface area (Å²) < 4.78 is 0. The Hall–Kier alpha value is -0.790. The first-order chi connectivity index (χ1) is 6.06.